The van der Waals surface area contributed by atoms with Gasteiger partial charge in [0.25, 0.3) is 5.91 Å². The second-order valence-electron chi connectivity index (χ2n) is 4.19. The van der Waals surface area contributed by atoms with Gasteiger partial charge < -0.3 is 10.4 Å². The highest BCUT2D eigenvalue weighted by Crippen LogP contribution is 2.28. The van der Waals surface area contributed by atoms with Crippen molar-refractivity contribution in [3.05, 3.63) is 29.3 Å². The Morgan fingerprint density at radius 2 is 1.89 bits per heavy atom. The summed E-state index contributed by atoms with van der Waals surface area (Å²) in [5.41, 5.74) is -0.293. The lowest BCUT2D eigenvalue weighted by Gasteiger charge is -2.15. The zero-order chi connectivity index (χ0) is 14.2. The van der Waals surface area contributed by atoms with Gasteiger partial charge in [0.05, 0.1) is 11.3 Å². The normalized spacial score (nSPS) is 14.1. The first-order valence-corrected chi connectivity index (χ1v) is 5.48. The van der Waals surface area contributed by atoms with Crippen LogP contribution >= 0.6 is 0 Å². The average Bonchev–Trinajstić information content (AvgIpc) is 3.15. The van der Waals surface area contributed by atoms with E-state index in [0.29, 0.717) is 6.07 Å². The molecule has 102 valence electrons. The van der Waals surface area contributed by atoms with E-state index in [1.54, 1.807) is 0 Å². The zero-order valence-electron chi connectivity index (χ0n) is 9.69. The van der Waals surface area contributed by atoms with Crippen LogP contribution in [0.5, 0.6) is 0 Å². The van der Waals surface area contributed by atoms with Crippen molar-refractivity contribution in [2.75, 3.05) is 5.32 Å². The van der Waals surface area contributed by atoms with Crippen LogP contribution in [-0.2, 0) is 0 Å². The number of hydrazine groups is 1. The maximum atomic E-state index is 13.2. The predicted molar refractivity (Wildman–Crippen MR) is 61.4 cm³/mol. The second-order valence-corrected chi connectivity index (χ2v) is 4.19. The fourth-order valence-corrected chi connectivity index (χ4v) is 1.51. The monoisotopic (exact) mass is 271 g/mol. The van der Waals surface area contributed by atoms with Crippen LogP contribution in [0.2, 0.25) is 0 Å². The first-order chi connectivity index (χ1) is 8.90. The van der Waals surface area contributed by atoms with E-state index >= 15 is 0 Å². The van der Waals surface area contributed by atoms with Gasteiger partial charge in [-0.25, -0.2) is 19.4 Å². The standard InChI is InChI=1S/C11H11F2N3O3/c12-7-3-6(10(17)16(14)11(18)19)9(4-8(7)13)15-5-1-2-5/h3-5,15H,1-2,14H2,(H,18,19). The molecule has 1 saturated carbocycles. The largest absolute Gasteiger partial charge is 0.464 e. The van der Waals surface area contributed by atoms with Crippen LogP contribution in [0, 0.1) is 11.6 Å². The van der Waals surface area contributed by atoms with Crippen LogP contribution in [0.1, 0.15) is 23.2 Å². The number of hydrogen-bond acceptors (Lipinski definition) is 4. The van der Waals surface area contributed by atoms with Crippen LogP contribution in [-0.4, -0.2) is 28.2 Å². The number of rotatable bonds is 3. The molecule has 0 heterocycles. The van der Waals surface area contributed by atoms with E-state index in [0.717, 1.165) is 18.9 Å². The molecular weight excluding hydrogens is 260 g/mol. The summed E-state index contributed by atoms with van der Waals surface area (Å²) in [5, 5.41) is 11.4. The Labute approximate surface area is 106 Å². The van der Waals surface area contributed by atoms with Crippen LogP contribution in [0.4, 0.5) is 19.3 Å². The first kappa shape index (κ1) is 13.2. The molecule has 6 nitrogen and oxygen atoms in total. The number of nitrogens with one attached hydrogen (secondary N) is 1. The molecule has 19 heavy (non-hydrogen) atoms. The number of halogens is 2. The minimum Gasteiger partial charge on any atom is -0.464 e. The number of hydrogen-bond donors (Lipinski definition) is 3. The van der Waals surface area contributed by atoms with Gasteiger partial charge in [-0.3, -0.25) is 4.79 Å². The van der Waals surface area contributed by atoms with Crippen molar-refractivity contribution in [3.63, 3.8) is 0 Å². The average molecular weight is 271 g/mol. The summed E-state index contributed by atoms with van der Waals surface area (Å²) in [4.78, 5) is 22.4. The maximum Gasteiger partial charge on any atom is 0.429 e. The molecule has 1 aromatic rings. The highest BCUT2D eigenvalue weighted by molar-refractivity contribution is 6.05. The quantitative estimate of drug-likeness (QED) is 0.440. The number of benzene rings is 1. The molecule has 0 radical (unpaired) electrons. The molecule has 8 heteroatoms. The van der Waals surface area contributed by atoms with Crippen molar-refractivity contribution in [3.8, 4) is 0 Å². The van der Waals surface area contributed by atoms with Crippen molar-refractivity contribution in [1.82, 2.24) is 5.01 Å². The highest BCUT2D eigenvalue weighted by atomic mass is 19.2. The Bertz CT molecular complexity index is 546. The second kappa shape index (κ2) is 4.81. The molecule has 1 aliphatic rings. The molecule has 0 atom stereocenters. The molecule has 1 aromatic carbocycles. The molecule has 1 aliphatic carbocycles. The van der Waals surface area contributed by atoms with E-state index in [1.165, 1.54) is 0 Å². The van der Waals surface area contributed by atoms with Crippen LogP contribution in [0.15, 0.2) is 12.1 Å². The third kappa shape index (κ3) is 2.79. The highest BCUT2D eigenvalue weighted by Gasteiger charge is 2.27. The van der Waals surface area contributed by atoms with Gasteiger partial charge in [0.15, 0.2) is 11.6 Å². The van der Waals surface area contributed by atoms with Crippen LogP contribution < -0.4 is 11.2 Å². The fourth-order valence-electron chi connectivity index (χ4n) is 1.51. The predicted octanol–water partition coefficient (Wildman–Crippen LogP) is 1.53. The Morgan fingerprint density at radius 3 is 2.42 bits per heavy atom. The Morgan fingerprint density at radius 1 is 1.32 bits per heavy atom. The molecule has 0 spiro atoms. The van der Waals surface area contributed by atoms with Gasteiger partial charge in [-0.1, -0.05) is 0 Å². The van der Waals surface area contributed by atoms with Crippen molar-refractivity contribution in [1.29, 1.82) is 0 Å². The van der Waals surface area contributed by atoms with Crippen molar-refractivity contribution >= 4 is 17.7 Å². The van der Waals surface area contributed by atoms with Crippen LogP contribution in [0.3, 0.4) is 0 Å². The summed E-state index contributed by atoms with van der Waals surface area (Å²) in [7, 11) is 0. The number of nitrogens with zero attached hydrogens (tertiary/aromatic N) is 1. The molecule has 0 aliphatic heterocycles. The smallest absolute Gasteiger partial charge is 0.429 e. The van der Waals surface area contributed by atoms with E-state index in [-0.39, 0.29) is 22.3 Å². The number of carbonyl (C=O) groups is 2. The van der Waals surface area contributed by atoms with Gasteiger partial charge >= 0.3 is 6.09 Å². The van der Waals surface area contributed by atoms with Gasteiger partial charge in [-0.2, -0.15) is 5.01 Å². The van der Waals surface area contributed by atoms with E-state index in [4.69, 9.17) is 10.9 Å². The van der Waals surface area contributed by atoms with Gasteiger partial charge in [0.2, 0.25) is 0 Å². The van der Waals surface area contributed by atoms with Crippen LogP contribution in [0.25, 0.3) is 0 Å². The van der Waals surface area contributed by atoms with E-state index in [2.05, 4.69) is 5.32 Å². The first-order valence-electron chi connectivity index (χ1n) is 5.48. The minimum absolute atomic E-state index is 0.0306. The SMILES string of the molecule is NN(C(=O)O)C(=O)c1cc(F)c(F)cc1NC1CC1. The number of imide groups is 1. The lowest BCUT2D eigenvalue weighted by atomic mass is 10.1. The summed E-state index contributed by atoms with van der Waals surface area (Å²) >= 11 is 0. The molecule has 4 N–H and O–H groups in total. The van der Waals surface area contributed by atoms with Gasteiger partial charge in [0.1, 0.15) is 0 Å². The molecule has 2 rings (SSSR count). The summed E-state index contributed by atoms with van der Waals surface area (Å²) in [6.45, 7) is 0. The molecular formula is C11H11F2N3O3. The molecule has 0 aromatic heterocycles. The lowest BCUT2D eigenvalue weighted by molar-refractivity contribution is 0.0742. The fraction of sp³-hybridized carbons (Fsp3) is 0.273. The topological polar surface area (TPSA) is 95.7 Å². The van der Waals surface area contributed by atoms with E-state index in [9.17, 15) is 18.4 Å². The zero-order valence-corrected chi connectivity index (χ0v) is 9.69. The summed E-state index contributed by atoms with van der Waals surface area (Å²) in [6, 6.07) is 1.52. The maximum absolute atomic E-state index is 13.2. The molecule has 2 amide bonds. The molecule has 0 unspecified atom stereocenters. The van der Waals surface area contributed by atoms with Crippen molar-refractivity contribution in [2.45, 2.75) is 18.9 Å². The lowest BCUT2D eigenvalue weighted by Crippen LogP contribution is -2.42. The van der Waals surface area contributed by atoms with E-state index in [1.807, 2.05) is 0 Å². The van der Waals surface area contributed by atoms with Gasteiger partial charge in [-0.15, -0.1) is 0 Å². The minimum atomic E-state index is -1.69. The number of nitrogens with two attached hydrogens (primary N) is 1. The number of carbonyl (C=O) groups excluding carboxylic acids is 1. The van der Waals surface area contributed by atoms with E-state index < -0.39 is 23.6 Å². The summed E-state index contributed by atoms with van der Waals surface area (Å²) in [5.74, 6) is 1.53. The van der Waals surface area contributed by atoms with Gasteiger partial charge in [0, 0.05) is 12.1 Å². The van der Waals surface area contributed by atoms with Gasteiger partial charge in [-0.05, 0) is 18.9 Å². The summed E-state index contributed by atoms with van der Waals surface area (Å²) < 4.78 is 26.3. The molecule has 0 bridgehead atoms. The Balaban J connectivity index is 2.38. The Hall–Kier alpha value is -2.22. The molecule has 0 saturated heterocycles. The third-order valence-electron chi connectivity index (χ3n) is 2.65. The summed E-state index contributed by atoms with van der Waals surface area (Å²) in [6.07, 6.45) is 0.00240. The number of carboxylic acid groups (broad SMARTS) is 1. The Kier molecular flexibility index (Phi) is 3.34. The number of anilines is 1. The van der Waals surface area contributed by atoms with Crippen molar-refractivity contribution < 1.29 is 23.5 Å². The van der Waals surface area contributed by atoms with Crippen molar-refractivity contribution in [2.24, 2.45) is 5.84 Å². The number of amides is 2. The molecule has 1 fully saturated rings. The third-order valence-corrected chi connectivity index (χ3v) is 2.65.